The summed E-state index contributed by atoms with van der Waals surface area (Å²) >= 11 is 0. The summed E-state index contributed by atoms with van der Waals surface area (Å²) in [5.41, 5.74) is 1.55. The van der Waals surface area contributed by atoms with Gasteiger partial charge < -0.3 is 14.8 Å². The first-order chi connectivity index (χ1) is 14.8. The molecular weight excluding hydrogens is 420 g/mol. The third kappa shape index (κ3) is 5.01. The van der Waals surface area contributed by atoms with Crippen LogP contribution in [0.1, 0.15) is 37.1 Å². The van der Waals surface area contributed by atoms with Crippen LogP contribution in [0.4, 0.5) is 5.69 Å². The number of carbonyl (C=O) groups is 1. The minimum atomic E-state index is -3.58. The maximum absolute atomic E-state index is 13.1. The number of aryl methyl sites for hydroxylation is 2. The molecule has 1 saturated heterocycles. The van der Waals surface area contributed by atoms with Crippen LogP contribution in [0.2, 0.25) is 0 Å². The Morgan fingerprint density at radius 2 is 1.84 bits per heavy atom. The molecule has 0 radical (unpaired) electrons. The summed E-state index contributed by atoms with van der Waals surface area (Å²) in [6, 6.07) is 5.13. The largest absolute Gasteiger partial charge is 0.497 e. The molecule has 31 heavy (non-hydrogen) atoms. The maximum atomic E-state index is 13.1. The molecule has 10 heteroatoms. The van der Waals surface area contributed by atoms with Crippen molar-refractivity contribution in [3.8, 4) is 11.5 Å². The van der Waals surface area contributed by atoms with E-state index < -0.39 is 10.0 Å². The number of hydrogen-bond donors (Lipinski definition) is 1. The van der Waals surface area contributed by atoms with Gasteiger partial charge in [-0.1, -0.05) is 6.42 Å². The van der Waals surface area contributed by atoms with E-state index in [9.17, 15) is 13.2 Å². The number of methoxy groups -OCH3 is 2. The highest BCUT2D eigenvalue weighted by atomic mass is 32.2. The van der Waals surface area contributed by atoms with E-state index in [1.807, 2.05) is 0 Å². The highest BCUT2D eigenvalue weighted by molar-refractivity contribution is 7.89. The van der Waals surface area contributed by atoms with Crippen molar-refractivity contribution >= 4 is 21.6 Å². The fourth-order valence-corrected chi connectivity index (χ4v) is 5.72. The Balaban J connectivity index is 1.70. The number of rotatable bonds is 8. The van der Waals surface area contributed by atoms with E-state index in [2.05, 4.69) is 10.4 Å². The molecular formula is C21H30N4O5S. The molecule has 2 heterocycles. The number of nitrogens with zero attached hydrogens (tertiary/aromatic N) is 3. The van der Waals surface area contributed by atoms with E-state index in [1.165, 1.54) is 7.11 Å². The summed E-state index contributed by atoms with van der Waals surface area (Å²) in [6.07, 6.45) is 2.94. The summed E-state index contributed by atoms with van der Waals surface area (Å²) in [6.45, 7) is 4.79. The molecule has 1 amide bonds. The van der Waals surface area contributed by atoms with Crippen molar-refractivity contribution in [3.05, 3.63) is 29.6 Å². The zero-order chi connectivity index (χ0) is 22.6. The maximum Gasteiger partial charge on any atom is 0.246 e. The van der Waals surface area contributed by atoms with Crippen molar-refractivity contribution in [2.45, 2.75) is 51.0 Å². The molecule has 1 aliphatic rings. The Hall–Kier alpha value is -2.59. The highest BCUT2D eigenvalue weighted by Crippen LogP contribution is 2.29. The number of benzene rings is 1. The number of amides is 1. The first-order valence-corrected chi connectivity index (χ1v) is 11.8. The first kappa shape index (κ1) is 23.1. The SMILES string of the molecule is COc1ccc(NC(=O)CCn2nc(C)c(S(=O)(=O)N3CCCCC3)c2C)c(OC)c1. The van der Waals surface area contributed by atoms with E-state index in [4.69, 9.17) is 9.47 Å². The average molecular weight is 451 g/mol. The molecule has 0 aliphatic carbocycles. The molecule has 0 bridgehead atoms. The van der Waals surface area contributed by atoms with Crippen LogP contribution in [0, 0.1) is 13.8 Å². The zero-order valence-electron chi connectivity index (χ0n) is 18.5. The standard InChI is InChI=1S/C21H30N4O5S/c1-15-21(31(27,28)24-11-6-5-7-12-24)16(2)25(23-15)13-10-20(26)22-18-9-8-17(29-3)14-19(18)30-4/h8-9,14H,5-7,10-13H2,1-4H3,(H,22,26). The van der Waals surface area contributed by atoms with Crippen molar-refractivity contribution in [2.24, 2.45) is 0 Å². The number of hydrogen-bond acceptors (Lipinski definition) is 6. The van der Waals surface area contributed by atoms with Crippen LogP contribution in [0.3, 0.4) is 0 Å². The van der Waals surface area contributed by atoms with Gasteiger partial charge in [-0.3, -0.25) is 9.48 Å². The lowest BCUT2D eigenvalue weighted by atomic mass is 10.2. The monoisotopic (exact) mass is 450 g/mol. The van der Waals surface area contributed by atoms with Crippen LogP contribution in [0.15, 0.2) is 23.1 Å². The van der Waals surface area contributed by atoms with Gasteiger partial charge in [-0.2, -0.15) is 9.40 Å². The average Bonchev–Trinajstić information content (AvgIpc) is 3.06. The minimum absolute atomic E-state index is 0.139. The van der Waals surface area contributed by atoms with Gasteiger partial charge in [0, 0.05) is 25.6 Å². The Bertz CT molecular complexity index is 1040. The zero-order valence-corrected chi connectivity index (χ0v) is 19.3. The van der Waals surface area contributed by atoms with Gasteiger partial charge in [-0.05, 0) is 38.8 Å². The Morgan fingerprint density at radius 1 is 1.13 bits per heavy atom. The molecule has 1 fully saturated rings. The summed E-state index contributed by atoms with van der Waals surface area (Å²) in [4.78, 5) is 12.7. The minimum Gasteiger partial charge on any atom is -0.497 e. The molecule has 1 aromatic heterocycles. The summed E-state index contributed by atoms with van der Waals surface area (Å²) in [5, 5.41) is 7.22. The van der Waals surface area contributed by atoms with Gasteiger partial charge >= 0.3 is 0 Å². The van der Waals surface area contributed by atoms with Crippen LogP contribution in [0.25, 0.3) is 0 Å². The summed E-state index contributed by atoms with van der Waals surface area (Å²) in [7, 11) is -0.509. The van der Waals surface area contributed by atoms with Crippen molar-refractivity contribution in [1.29, 1.82) is 0 Å². The van der Waals surface area contributed by atoms with Crippen LogP contribution < -0.4 is 14.8 Å². The van der Waals surface area contributed by atoms with Gasteiger partial charge in [0.05, 0.1) is 37.8 Å². The van der Waals surface area contributed by atoms with Crippen LogP contribution >= 0.6 is 0 Å². The number of carbonyl (C=O) groups excluding carboxylic acids is 1. The second-order valence-corrected chi connectivity index (χ2v) is 9.43. The summed E-state index contributed by atoms with van der Waals surface area (Å²) < 4.78 is 39.8. The molecule has 0 unspecified atom stereocenters. The van der Waals surface area contributed by atoms with Crippen molar-refractivity contribution < 1.29 is 22.7 Å². The van der Waals surface area contributed by atoms with Crippen LogP contribution in [-0.4, -0.2) is 55.7 Å². The molecule has 9 nitrogen and oxygen atoms in total. The molecule has 1 aromatic carbocycles. The smallest absolute Gasteiger partial charge is 0.246 e. The predicted molar refractivity (Wildman–Crippen MR) is 117 cm³/mol. The number of sulfonamides is 1. The lowest BCUT2D eigenvalue weighted by molar-refractivity contribution is -0.116. The number of ether oxygens (including phenoxy) is 2. The molecule has 3 rings (SSSR count). The topological polar surface area (TPSA) is 103 Å². The Morgan fingerprint density at radius 3 is 2.48 bits per heavy atom. The predicted octanol–water partition coefficient (Wildman–Crippen LogP) is 2.72. The lowest BCUT2D eigenvalue weighted by Crippen LogP contribution is -2.36. The Labute approximate surface area is 183 Å². The molecule has 2 aromatic rings. The van der Waals surface area contributed by atoms with Crippen molar-refractivity contribution in [1.82, 2.24) is 14.1 Å². The molecule has 170 valence electrons. The van der Waals surface area contributed by atoms with Gasteiger partial charge in [0.25, 0.3) is 0 Å². The fraction of sp³-hybridized carbons (Fsp3) is 0.524. The quantitative estimate of drug-likeness (QED) is 0.663. The number of nitrogens with one attached hydrogen (secondary N) is 1. The van der Waals surface area contributed by atoms with E-state index in [0.717, 1.165) is 19.3 Å². The molecule has 1 N–H and O–H groups in total. The van der Waals surface area contributed by atoms with Gasteiger partial charge in [0.1, 0.15) is 16.4 Å². The first-order valence-electron chi connectivity index (χ1n) is 10.3. The number of aromatic nitrogens is 2. The summed E-state index contributed by atoms with van der Waals surface area (Å²) in [5.74, 6) is 0.894. The van der Waals surface area contributed by atoms with Gasteiger partial charge in [-0.15, -0.1) is 0 Å². The normalized spacial score (nSPS) is 15.0. The fourth-order valence-electron chi connectivity index (χ4n) is 3.83. The molecule has 0 atom stereocenters. The van der Waals surface area contributed by atoms with Crippen LogP contribution in [0.5, 0.6) is 11.5 Å². The molecule has 0 spiro atoms. The van der Waals surface area contributed by atoms with Gasteiger partial charge in [0.2, 0.25) is 15.9 Å². The van der Waals surface area contributed by atoms with Crippen LogP contribution in [-0.2, 0) is 21.4 Å². The lowest BCUT2D eigenvalue weighted by Gasteiger charge is -2.26. The number of anilines is 1. The van der Waals surface area contributed by atoms with E-state index >= 15 is 0 Å². The number of piperidine rings is 1. The molecule has 0 saturated carbocycles. The third-order valence-corrected chi connectivity index (χ3v) is 7.61. The van der Waals surface area contributed by atoms with E-state index in [1.54, 1.807) is 48.1 Å². The van der Waals surface area contributed by atoms with Gasteiger partial charge in [0.15, 0.2) is 0 Å². The second kappa shape index (κ2) is 9.69. The molecule has 1 aliphatic heterocycles. The third-order valence-electron chi connectivity index (χ3n) is 5.46. The highest BCUT2D eigenvalue weighted by Gasteiger charge is 2.31. The van der Waals surface area contributed by atoms with Crippen molar-refractivity contribution in [3.63, 3.8) is 0 Å². The van der Waals surface area contributed by atoms with E-state index in [-0.39, 0.29) is 23.8 Å². The second-order valence-electron chi connectivity index (χ2n) is 7.55. The van der Waals surface area contributed by atoms with E-state index in [0.29, 0.717) is 41.7 Å². The Kier molecular flexibility index (Phi) is 7.22. The van der Waals surface area contributed by atoms with Crippen molar-refractivity contribution in [2.75, 3.05) is 32.6 Å². The van der Waals surface area contributed by atoms with Gasteiger partial charge in [-0.25, -0.2) is 8.42 Å².